The fourth-order valence-corrected chi connectivity index (χ4v) is 2.99. The van der Waals surface area contributed by atoms with E-state index in [1.54, 1.807) is 12.1 Å². The highest BCUT2D eigenvalue weighted by Gasteiger charge is 2.31. The Morgan fingerprint density at radius 2 is 1.67 bits per heavy atom. The molecule has 0 bridgehead atoms. The maximum Gasteiger partial charge on any atom is 0.307 e. The Labute approximate surface area is 141 Å². The van der Waals surface area contributed by atoms with Gasteiger partial charge in [-0.15, -0.1) is 0 Å². The zero-order valence-electron chi connectivity index (χ0n) is 14.1. The second-order valence-corrected chi connectivity index (χ2v) is 6.91. The Balaban J connectivity index is 2.05. The van der Waals surface area contributed by atoms with Crippen molar-refractivity contribution in [3.05, 3.63) is 65.2 Å². The number of fused-ring (bicyclic) bond motifs is 2. The first-order valence-electron chi connectivity index (χ1n) is 8.01. The summed E-state index contributed by atoms with van der Waals surface area (Å²) in [5.41, 5.74) is 2.32. The van der Waals surface area contributed by atoms with Crippen LogP contribution in [0.3, 0.4) is 0 Å². The van der Waals surface area contributed by atoms with Crippen molar-refractivity contribution in [3.8, 4) is 0 Å². The number of benzene rings is 2. The predicted octanol–water partition coefficient (Wildman–Crippen LogP) is 3.94. The van der Waals surface area contributed by atoms with Crippen molar-refractivity contribution < 1.29 is 14.3 Å². The molecule has 0 saturated carbocycles. The first kappa shape index (κ1) is 16.2. The van der Waals surface area contributed by atoms with E-state index in [-0.39, 0.29) is 24.2 Å². The summed E-state index contributed by atoms with van der Waals surface area (Å²) in [4.78, 5) is 24.8. The van der Waals surface area contributed by atoms with Crippen LogP contribution in [0, 0.1) is 0 Å². The molecule has 0 spiro atoms. The number of hydrogen-bond donors (Lipinski definition) is 0. The van der Waals surface area contributed by atoms with Gasteiger partial charge in [-0.05, 0) is 44.0 Å². The lowest BCUT2D eigenvalue weighted by atomic mass is 9.86. The molecule has 123 valence electrons. The van der Waals surface area contributed by atoms with Crippen LogP contribution < -0.4 is 5.32 Å². The van der Waals surface area contributed by atoms with E-state index in [0.29, 0.717) is 11.3 Å². The maximum atomic E-state index is 12.4. The van der Waals surface area contributed by atoms with Gasteiger partial charge in [-0.25, -0.2) is 5.32 Å². The van der Waals surface area contributed by atoms with Crippen LogP contribution in [0.15, 0.2) is 48.5 Å². The summed E-state index contributed by atoms with van der Waals surface area (Å²) in [6.45, 7) is 5.54. The molecule has 1 heterocycles. The summed E-state index contributed by atoms with van der Waals surface area (Å²) in [7, 11) is 0. The Hall–Kier alpha value is -2.62. The first-order chi connectivity index (χ1) is 11.3. The van der Waals surface area contributed by atoms with Gasteiger partial charge in [0.15, 0.2) is 0 Å². The number of carbonyl (C=O) groups is 2. The van der Waals surface area contributed by atoms with Crippen LogP contribution in [0.1, 0.15) is 54.6 Å². The lowest BCUT2D eigenvalue weighted by Gasteiger charge is -2.23. The van der Waals surface area contributed by atoms with Gasteiger partial charge in [-0.2, -0.15) is 0 Å². The molecular weight excluding hydrogens is 302 g/mol. The molecule has 1 aliphatic rings. The van der Waals surface area contributed by atoms with Gasteiger partial charge in [0.05, 0.1) is 12.1 Å². The molecule has 0 aliphatic carbocycles. The van der Waals surface area contributed by atoms with Crippen molar-refractivity contribution in [3.63, 3.8) is 0 Å². The summed E-state index contributed by atoms with van der Waals surface area (Å²) in [5, 5.41) is 4.22. The summed E-state index contributed by atoms with van der Waals surface area (Å²) in [6, 6.07) is 14.8. The van der Waals surface area contributed by atoms with Crippen LogP contribution in [0.5, 0.6) is 0 Å². The van der Waals surface area contributed by atoms with Crippen LogP contribution in [-0.2, 0) is 9.53 Å². The van der Waals surface area contributed by atoms with Gasteiger partial charge in [-0.3, -0.25) is 9.59 Å². The van der Waals surface area contributed by atoms with E-state index in [1.807, 2.05) is 57.2 Å². The standard InChI is InChI=1S/C20H20NO3/c1-20(2,3)24-18(22)12-16-13-8-4-5-10-15(13)19(23)21-17-11-7-6-9-14(16)17/h4-11,16H,12H2,1-3H3. The van der Waals surface area contributed by atoms with Crippen LogP contribution in [0.4, 0.5) is 5.69 Å². The van der Waals surface area contributed by atoms with Gasteiger partial charge in [-0.1, -0.05) is 36.4 Å². The summed E-state index contributed by atoms with van der Waals surface area (Å²) in [5.74, 6) is -0.807. The highest BCUT2D eigenvalue weighted by Crippen LogP contribution is 2.38. The minimum absolute atomic E-state index is 0.175. The fraction of sp³-hybridized carbons (Fsp3) is 0.300. The molecule has 0 saturated heterocycles. The average molecular weight is 322 g/mol. The lowest BCUT2D eigenvalue weighted by Crippen LogP contribution is -2.25. The third-order valence-corrected chi connectivity index (χ3v) is 3.89. The molecule has 3 rings (SSSR count). The van der Waals surface area contributed by atoms with Crippen molar-refractivity contribution in [2.75, 3.05) is 0 Å². The lowest BCUT2D eigenvalue weighted by molar-refractivity contribution is -0.155. The average Bonchev–Trinajstić information content (AvgIpc) is 2.62. The summed E-state index contributed by atoms with van der Waals surface area (Å²) >= 11 is 0. The molecule has 1 aliphatic heterocycles. The molecule has 1 radical (unpaired) electrons. The Bertz CT molecular complexity index is 789. The zero-order valence-corrected chi connectivity index (χ0v) is 14.1. The molecule has 4 nitrogen and oxygen atoms in total. The van der Waals surface area contributed by atoms with E-state index >= 15 is 0 Å². The minimum Gasteiger partial charge on any atom is -0.460 e. The van der Waals surface area contributed by atoms with Gasteiger partial charge < -0.3 is 4.74 Å². The largest absolute Gasteiger partial charge is 0.460 e. The third kappa shape index (κ3) is 3.32. The molecule has 1 unspecified atom stereocenters. The maximum absolute atomic E-state index is 12.4. The second kappa shape index (κ2) is 6.11. The fourth-order valence-electron chi connectivity index (χ4n) is 2.99. The Morgan fingerprint density at radius 1 is 1.04 bits per heavy atom. The number of amides is 1. The molecule has 2 aromatic carbocycles. The van der Waals surface area contributed by atoms with E-state index < -0.39 is 5.60 Å². The number of ether oxygens (including phenoxy) is 1. The molecular formula is C20H20NO3. The second-order valence-electron chi connectivity index (χ2n) is 6.91. The van der Waals surface area contributed by atoms with E-state index in [4.69, 9.17) is 4.74 Å². The van der Waals surface area contributed by atoms with Crippen LogP contribution in [0.25, 0.3) is 0 Å². The van der Waals surface area contributed by atoms with Crippen molar-refractivity contribution in [1.29, 1.82) is 0 Å². The highest BCUT2D eigenvalue weighted by molar-refractivity contribution is 6.00. The molecule has 1 atom stereocenters. The molecule has 0 aromatic heterocycles. The summed E-state index contributed by atoms with van der Waals surface area (Å²) in [6.07, 6.45) is 0.175. The normalized spacial score (nSPS) is 16.5. The molecule has 24 heavy (non-hydrogen) atoms. The third-order valence-electron chi connectivity index (χ3n) is 3.89. The number of hydrogen-bond acceptors (Lipinski definition) is 3. The molecule has 2 aromatic rings. The van der Waals surface area contributed by atoms with E-state index in [9.17, 15) is 9.59 Å². The van der Waals surface area contributed by atoms with Crippen LogP contribution in [0.2, 0.25) is 0 Å². The van der Waals surface area contributed by atoms with Gasteiger partial charge in [0.1, 0.15) is 5.60 Å². The van der Waals surface area contributed by atoms with Crippen molar-refractivity contribution in [2.45, 2.75) is 38.7 Å². The topological polar surface area (TPSA) is 57.5 Å². The predicted molar refractivity (Wildman–Crippen MR) is 91.3 cm³/mol. The Morgan fingerprint density at radius 3 is 2.38 bits per heavy atom. The van der Waals surface area contributed by atoms with Gasteiger partial charge in [0.2, 0.25) is 0 Å². The van der Waals surface area contributed by atoms with Crippen molar-refractivity contribution in [1.82, 2.24) is 5.32 Å². The molecule has 4 heteroatoms. The van der Waals surface area contributed by atoms with Gasteiger partial charge in [0.25, 0.3) is 5.91 Å². The van der Waals surface area contributed by atoms with Crippen molar-refractivity contribution in [2.24, 2.45) is 0 Å². The quantitative estimate of drug-likeness (QED) is 0.787. The summed E-state index contributed by atoms with van der Waals surface area (Å²) < 4.78 is 5.48. The number of carbonyl (C=O) groups excluding carboxylic acids is 2. The molecule has 0 N–H and O–H groups in total. The van der Waals surface area contributed by atoms with E-state index in [0.717, 1.165) is 11.1 Å². The monoisotopic (exact) mass is 322 g/mol. The first-order valence-corrected chi connectivity index (χ1v) is 8.01. The SMILES string of the molecule is CC(C)(C)OC(=O)CC1c2ccccc2[N]C(=O)c2ccccc21. The number of nitrogens with zero attached hydrogens (tertiary/aromatic N) is 1. The molecule has 1 amide bonds. The van der Waals surface area contributed by atoms with E-state index in [2.05, 4.69) is 5.32 Å². The zero-order chi connectivity index (χ0) is 17.3. The van der Waals surface area contributed by atoms with Gasteiger partial charge in [0, 0.05) is 11.5 Å². The Kier molecular flexibility index (Phi) is 4.14. The molecule has 0 fully saturated rings. The van der Waals surface area contributed by atoms with Gasteiger partial charge >= 0.3 is 5.97 Å². The number of esters is 1. The number of para-hydroxylation sites is 1. The smallest absolute Gasteiger partial charge is 0.307 e. The minimum atomic E-state index is -0.541. The van der Waals surface area contributed by atoms with Crippen LogP contribution >= 0.6 is 0 Å². The van der Waals surface area contributed by atoms with E-state index in [1.165, 1.54) is 0 Å². The number of rotatable bonds is 2. The van der Waals surface area contributed by atoms with Crippen molar-refractivity contribution >= 4 is 17.6 Å². The highest BCUT2D eigenvalue weighted by atomic mass is 16.6. The van der Waals surface area contributed by atoms with Crippen LogP contribution in [-0.4, -0.2) is 17.5 Å².